The third kappa shape index (κ3) is 46.5. The second-order valence-electron chi connectivity index (χ2n) is 22.7. The van der Waals surface area contributed by atoms with Gasteiger partial charge in [0.2, 0.25) is 0 Å². The lowest BCUT2D eigenvalue weighted by molar-refractivity contribution is -0.301. The first kappa shape index (κ1) is 75.4. The molecule has 0 aromatic rings. The van der Waals surface area contributed by atoms with Gasteiger partial charge in [-0.15, -0.1) is 0 Å². The number of carboxylic acids is 1. The zero-order valence-electron chi connectivity index (χ0n) is 51.8. The number of aliphatic carboxylic acids is 1. The number of carbonyl (C=O) groups excluding carboxylic acids is 3. The standard InChI is InChI=1S/C69H120O12/c1-4-7-10-13-16-19-22-25-27-29-31-33-35-38-40-43-46-49-52-55-61(70)77-58-60(79-62(71)56-53-50-47-44-42-39-36-34-32-30-28-26-23-20-17-14-11-8-5-2)59-78-69-67(65(74)64(73)66(81-69)68(75)76)80-63(72)57-54-51-48-45-41-37-24-21-18-15-12-9-6-3/h12,15-16,19,21,24-28,60,64-67,69,73-74H,4-11,13-14,17-18,20,22-23,29-59H2,1-3H3,(H,75,76)/b15-12-,19-16-,24-21-,27-25-,28-26-. The summed E-state index contributed by atoms with van der Waals surface area (Å²) in [6.07, 6.45) is 58.9. The van der Waals surface area contributed by atoms with Gasteiger partial charge >= 0.3 is 23.9 Å². The molecule has 12 heteroatoms. The first-order valence-corrected chi connectivity index (χ1v) is 33.3. The highest BCUT2D eigenvalue weighted by Gasteiger charge is 2.50. The van der Waals surface area contributed by atoms with Crippen molar-refractivity contribution in [2.45, 2.75) is 340 Å². The number of esters is 3. The molecule has 0 amide bonds. The van der Waals surface area contributed by atoms with E-state index < -0.39 is 67.3 Å². The summed E-state index contributed by atoms with van der Waals surface area (Å²) in [6.45, 7) is 5.93. The van der Waals surface area contributed by atoms with E-state index in [1.807, 2.05) is 0 Å². The Morgan fingerprint density at radius 2 is 0.765 bits per heavy atom. The summed E-state index contributed by atoms with van der Waals surface area (Å²) in [5.41, 5.74) is 0. The van der Waals surface area contributed by atoms with Crippen LogP contribution < -0.4 is 0 Å². The van der Waals surface area contributed by atoms with E-state index in [2.05, 4.69) is 81.5 Å². The smallest absolute Gasteiger partial charge is 0.335 e. The van der Waals surface area contributed by atoms with E-state index in [-0.39, 0.29) is 25.9 Å². The number of aliphatic hydroxyl groups is 2. The van der Waals surface area contributed by atoms with Crippen molar-refractivity contribution in [3.05, 3.63) is 60.8 Å². The maximum atomic E-state index is 13.2. The quantitative estimate of drug-likeness (QED) is 0.0228. The van der Waals surface area contributed by atoms with Crippen LogP contribution in [-0.2, 0) is 42.9 Å². The van der Waals surface area contributed by atoms with Gasteiger partial charge in [0.05, 0.1) is 6.61 Å². The minimum absolute atomic E-state index is 0.0440. The monoisotopic (exact) mass is 1140 g/mol. The van der Waals surface area contributed by atoms with Crippen molar-refractivity contribution in [1.82, 2.24) is 0 Å². The number of carboxylic acid groups (broad SMARTS) is 1. The van der Waals surface area contributed by atoms with Crippen LogP contribution in [-0.4, -0.2) is 89.2 Å². The predicted octanol–water partition coefficient (Wildman–Crippen LogP) is 17.9. The third-order valence-electron chi connectivity index (χ3n) is 15.0. The van der Waals surface area contributed by atoms with Crippen LogP contribution in [0, 0.1) is 0 Å². The first-order chi connectivity index (χ1) is 39.6. The van der Waals surface area contributed by atoms with Crippen molar-refractivity contribution in [2.75, 3.05) is 13.2 Å². The Hall–Kier alpha value is -3.58. The van der Waals surface area contributed by atoms with Gasteiger partial charge in [-0.25, -0.2) is 4.79 Å². The molecule has 0 bridgehead atoms. The summed E-state index contributed by atoms with van der Waals surface area (Å²) in [5, 5.41) is 31.6. The number of rotatable bonds is 57. The van der Waals surface area contributed by atoms with Crippen LogP contribution >= 0.6 is 0 Å². The maximum Gasteiger partial charge on any atom is 0.335 e. The summed E-state index contributed by atoms with van der Waals surface area (Å²) >= 11 is 0. The van der Waals surface area contributed by atoms with Crippen LogP contribution in [0.4, 0.5) is 0 Å². The molecule has 0 aliphatic carbocycles. The fraction of sp³-hybridized carbons (Fsp3) is 0.797. The molecule has 81 heavy (non-hydrogen) atoms. The lowest BCUT2D eigenvalue weighted by Crippen LogP contribution is -2.61. The molecule has 1 fully saturated rings. The summed E-state index contributed by atoms with van der Waals surface area (Å²) in [7, 11) is 0. The topological polar surface area (TPSA) is 175 Å². The highest BCUT2D eigenvalue weighted by molar-refractivity contribution is 5.74. The molecule has 6 unspecified atom stereocenters. The Morgan fingerprint density at radius 3 is 1.20 bits per heavy atom. The number of hydrogen-bond donors (Lipinski definition) is 3. The Labute approximate surface area is 494 Å². The second kappa shape index (κ2) is 56.9. The Bertz CT molecular complexity index is 1640. The average Bonchev–Trinajstić information content (AvgIpc) is 3.54. The normalized spacial score (nSPS) is 18.1. The van der Waals surface area contributed by atoms with Crippen LogP contribution in [0.15, 0.2) is 60.8 Å². The fourth-order valence-corrected chi connectivity index (χ4v) is 9.90. The second-order valence-corrected chi connectivity index (χ2v) is 22.7. The van der Waals surface area contributed by atoms with E-state index in [1.165, 1.54) is 141 Å². The fourth-order valence-electron chi connectivity index (χ4n) is 9.90. The summed E-state index contributed by atoms with van der Waals surface area (Å²) < 4.78 is 28.5. The highest BCUT2D eigenvalue weighted by atomic mass is 16.7. The summed E-state index contributed by atoms with van der Waals surface area (Å²) in [5.74, 6) is -3.13. The molecule has 1 saturated heterocycles. The molecular formula is C69H120O12. The SMILES string of the molecule is CCC/C=C\C/C=C\CCCCCCCC(=O)OC1C(OCC(COC(=O)CCCCCCCCCCC/C=C\C/C=C\CCCCC)OC(=O)CCCCCCCCCCC/C=C\CCCCCCCC)OC(C(=O)O)C(O)C1O. The van der Waals surface area contributed by atoms with Gasteiger partial charge in [0.25, 0.3) is 0 Å². The van der Waals surface area contributed by atoms with Crippen LogP contribution in [0.25, 0.3) is 0 Å². The molecule has 1 heterocycles. The van der Waals surface area contributed by atoms with Crippen molar-refractivity contribution >= 4 is 23.9 Å². The zero-order chi connectivity index (χ0) is 58.9. The van der Waals surface area contributed by atoms with E-state index in [0.29, 0.717) is 19.3 Å². The van der Waals surface area contributed by atoms with Crippen LogP contribution in [0.1, 0.15) is 303 Å². The van der Waals surface area contributed by atoms with Crippen molar-refractivity contribution in [2.24, 2.45) is 0 Å². The molecule has 6 atom stereocenters. The number of hydrogen-bond acceptors (Lipinski definition) is 11. The van der Waals surface area contributed by atoms with Gasteiger partial charge in [-0.1, -0.05) is 242 Å². The molecule has 3 N–H and O–H groups in total. The van der Waals surface area contributed by atoms with Gasteiger partial charge < -0.3 is 39.0 Å². The van der Waals surface area contributed by atoms with Crippen molar-refractivity contribution in [3.8, 4) is 0 Å². The average molecular weight is 1140 g/mol. The van der Waals surface area contributed by atoms with Gasteiger partial charge in [0.1, 0.15) is 18.8 Å². The van der Waals surface area contributed by atoms with Gasteiger partial charge in [-0.05, 0) is 103 Å². The predicted molar refractivity (Wildman–Crippen MR) is 331 cm³/mol. The Balaban J connectivity index is 2.64. The van der Waals surface area contributed by atoms with Crippen LogP contribution in [0.2, 0.25) is 0 Å². The molecule has 0 aromatic carbocycles. The van der Waals surface area contributed by atoms with Crippen LogP contribution in [0.5, 0.6) is 0 Å². The van der Waals surface area contributed by atoms with E-state index in [0.717, 1.165) is 103 Å². The molecule has 0 spiro atoms. The lowest BCUT2D eigenvalue weighted by Gasteiger charge is -2.40. The molecule has 12 nitrogen and oxygen atoms in total. The number of unbranched alkanes of at least 4 members (excludes halogenated alkanes) is 33. The zero-order valence-corrected chi connectivity index (χ0v) is 51.8. The molecule has 0 saturated carbocycles. The highest BCUT2D eigenvalue weighted by Crippen LogP contribution is 2.27. The molecule has 1 aliphatic heterocycles. The maximum absolute atomic E-state index is 13.2. The van der Waals surface area contributed by atoms with Crippen LogP contribution in [0.3, 0.4) is 0 Å². The Kier molecular flexibility index (Phi) is 53.0. The molecule has 1 rings (SSSR count). The van der Waals surface area contributed by atoms with E-state index in [4.69, 9.17) is 23.7 Å². The number of ether oxygens (including phenoxy) is 5. The van der Waals surface area contributed by atoms with E-state index in [1.54, 1.807) is 0 Å². The van der Waals surface area contributed by atoms with Gasteiger partial charge in [0.15, 0.2) is 24.6 Å². The van der Waals surface area contributed by atoms with Gasteiger partial charge in [-0.3, -0.25) is 14.4 Å². The minimum atomic E-state index is -1.91. The van der Waals surface area contributed by atoms with Crippen molar-refractivity contribution in [1.29, 1.82) is 0 Å². The number of aliphatic hydroxyl groups excluding tert-OH is 2. The van der Waals surface area contributed by atoms with Gasteiger partial charge in [-0.2, -0.15) is 0 Å². The molecule has 0 aromatic heterocycles. The Morgan fingerprint density at radius 1 is 0.407 bits per heavy atom. The van der Waals surface area contributed by atoms with Gasteiger partial charge in [0, 0.05) is 19.3 Å². The van der Waals surface area contributed by atoms with Crippen molar-refractivity contribution < 1.29 is 58.2 Å². The molecular weight excluding hydrogens is 1020 g/mol. The summed E-state index contributed by atoms with van der Waals surface area (Å²) in [4.78, 5) is 51.3. The molecule has 468 valence electrons. The van der Waals surface area contributed by atoms with E-state index in [9.17, 15) is 34.5 Å². The molecule has 0 radical (unpaired) electrons. The number of carbonyl (C=O) groups is 4. The minimum Gasteiger partial charge on any atom is -0.479 e. The third-order valence-corrected chi connectivity index (χ3v) is 15.0. The lowest BCUT2D eigenvalue weighted by atomic mass is 9.98. The van der Waals surface area contributed by atoms with E-state index >= 15 is 0 Å². The number of allylic oxidation sites excluding steroid dienone is 10. The molecule has 1 aliphatic rings. The largest absolute Gasteiger partial charge is 0.479 e. The first-order valence-electron chi connectivity index (χ1n) is 33.3. The van der Waals surface area contributed by atoms with Crippen molar-refractivity contribution in [3.63, 3.8) is 0 Å². The summed E-state index contributed by atoms with van der Waals surface area (Å²) in [6, 6.07) is 0.